The number of hydrogen-bond donors (Lipinski definition) is 3. The van der Waals surface area contributed by atoms with E-state index in [0.717, 1.165) is 17.5 Å². The summed E-state index contributed by atoms with van der Waals surface area (Å²) in [6.45, 7) is 6.09. The van der Waals surface area contributed by atoms with Gasteiger partial charge in [0.2, 0.25) is 0 Å². The third kappa shape index (κ3) is 5.95. The van der Waals surface area contributed by atoms with E-state index in [-0.39, 0.29) is 21.4 Å². The molecule has 0 aliphatic carbocycles. The van der Waals surface area contributed by atoms with Crippen LogP contribution in [0.1, 0.15) is 45.2 Å². The molecular weight excluding hydrogens is 474 g/mol. The maximum atomic E-state index is 13.1. The fourth-order valence-corrected chi connectivity index (χ4v) is 4.86. The third-order valence-electron chi connectivity index (χ3n) is 5.08. The molecule has 3 aromatic rings. The lowest BCUT2D eigenvalue weighted by Gasteiger charge is -2.14. The average molecular weight is 500 g/mol. The number of anilines is 2. The summed E-state index contributed by atoms with van der Waals surface area (Å²) >= 11 is 6.19. The molecule has 34 heavy (non-hydrogen) atoms. The predicted molar refractivity (Wildman–Crippen MR) is 135 cm³/mol. The third-order valence-corrected chi connectivity index (χ3v) is 6.92. The van der Waals surface area contributed by atoms with Crippen LogP contribution in [-0.4, -0.2) is 26.8 Å². The van der Waals surface area contributed by atoms with Crippen molar-refractivity contribution in [3.63, 3.8) is 0 Å². The maximum Gasteiger partial charge on any atom is 0.263 e. The molecule has 0 bridgehead atoms. The molecule has 0 aromatic heterocycles. The van der Waals surface area contributed by atoms with Gasteiger partial charge in [-0.25, -0.2) is 8.42 Å². The Balaban J connectivity index is 1.89. The number of sulfonamides is 1. The first-order valence-corrected chi connectivity index (χ1v) is 12.6. The summed E-state index contributed by atoms with van der Waals surface area (Å²) in [5.74, 6) is -0.884. The molecule has 0 saturated heterocycles. The van der Waals surface area contributed by atoms with Crippen molar-refractivity contribution in [2.45, 2.75) is 32.1 Å². The normalized spacial score (nSPS) is 11.1. The van der Waals surface area contributed by atoms with E-state index >= 15 is 0 Å². The van der Waals surface area contributed by atoms with Crippen molar-refractivity contribution in [3.8, 4) is 0 Å². The fourth-order valence-electron chi connectivity index (χ4n) is 3.21. The zero-order valence-corrected chi connectivity index (χ0v) is 20.7. The van der Waals surface area contributed by atoms with E-state index in [1.54, 1.807) is 37.3 Å². The van der Waals surface area contributed by atoms with Gasteiger partial charge in [0.05, 0.1) is 22.0 Å². The molecule has 3 N–H and O–H groups in total. The number of aryl methyl sites for hydroxylation is 2. The van der Waals surface area contributed by atoms with Crippen molar-refractivity contribution in [1.29, 1.82) is 0 Å². The van der Waals surface area contributed by atoms with Crippen molar-refractivity contribution in [3.05, 3.63) is 87.9 Å². The second kappa shape index (κ2) is 10.7. The van der Waals surface area contributed by atoms with Crippen LogP contribution in [0.15, 0.2) is 65.6 Å². The summed E-state index contributed by atoms with van der Waals surface area (Å²) in [7, 11) is -4.07. The zero-order chi connectivity index (χ0) is 24.9. The highest BCUT2D eigenvalue weighted by Crippen LogP contribution is 2.27. The smallest absolute Gasteiger partial charge is 0.263 e. The number of rotatable bonds is 8. The number of carbonyl (C=O) groups excluding carboxylic acids is 2. The Hall–Kier alpha value is -3.36. The highest BCUT2D eigenvalue weighted by molar-refractivity contribution is 7.92. The van der Waals surface area contributed by atoms with Crippen LogP contribution in [0.5, 0.6) is 0 Å². The van der Waals surface area contributed by atoms with Crippen LogP contribution in [0, 0.1) is 13.8 Å². The van der Waals surface area contributed by atoms with Crippen molar-refractivity contribution < 1.29 is 18.0 Å². The van der Waals surface area contributed by atoms with Crippen LogP contribution in [0.2, 0.25) is 5.02 Å². The number of para-hydroxylation sites is 1. The van der Waals surface area contributed by atoms with Gasteiger partial charge in [-0.2, -0.15) is 0 Å². The molecule has 0 unspecified atom stereocenters. The van der Waals surface area contributed by atoms with Crippen molar-refractivity contribution in [2.75, 3.05) is 16.6 Å². The summed E-state index contributed by atoms with van der Waals surface area (Å²) in [6, 6.07) is 16.0. The van der Waals surface area contributed by atoms with Gasteiger partial charge in [-0.15, -0.1) is 0 Å². The number of carbonyl (C=O) groups is 2. The van der Waals surface area contributed by atoms with E-state index < -0.39 is 15.9 Å². The Kier molecular flexibility index (Phi) is 7.96. The van der Waals surface area contributed by atoms with Crippen LogP contribution in [0.3, 0.4) is 0 Å². The molecule has 0 aliphatic rings. The number of nitrogens with one attached hydrogen (secondary N) is 3. The van der Waals surface area contributed by atoms with E-state index in [1.807, 2.05) is 26.0 Å². The Morgan fingerprint density at radius 2 is 1.65 bits per heavy atom. The van der Waals surface area contributed by atoms with Crippen LogP contribution >= 0.6 is 11.6 Å². The molecular formula is C25H26ClN3O4S. The second-order valence-corrected chi connectivity index (χ2v) is 9.88. The Morgan fingerprint density at radius 1 is 0.912 bits per heavy atom. The SMILES string of the molecule is CCCNC(=O)c1ccccc1NC(=O)c1ccc(Cl)c(S(=O)(=O)Nc2cc(C)ccc2C)c1. The minimum Gasteiger partial charge on any atom is -0.352 e. The van der Waals surface area contributed by atoms with Gasteiger partial charge >= 0.3 is 0 Å². The molecule has 0 aliphatic heterocycles. The van der Waals surface area contributed by atoms with Crippen molar-refractivity contribution >= 4 is 44.8 Å². The van der Waals surface area contributed by atoms with Gasteiger partial charge in [0.15, 0.2) is 0 Å². The second-order valence-electron chi connectivity index (χ2n) is 7.82. The lowest BCUT2D eigenvalue weighted by molar-refractivity contribution is 0.0954. The van der Waals surface area contributed by atoms with Crippen molar-refractivity contribution in [1.82, 2.24) is 5.32 Å². The van der Waals surface area contributed by atoms with E-state index in [4.69, 9.17) is 11.6 Å². The molecule has 2 amide bonds. The number of halogens is 1. The van der Waals surface area contributed by atoms with E-state index in [2.05, 4.69) is 15.4 Å². The van der Waals surface area contributed by atoms with E-state index in [1.165, 1.54) is 18.2 Å². The Labute approximate surface area is 204 Å². The van der Waals surface area contributed by atoms with Gasteiger partial charge in [-0.3, -0.25) is 14.3 Å². The summed E-state index contributed by atoms with van der Waals surface area (Å²) in [5.41, 5.74) is 2.77. The summed E-state index contributed by atoms with van der Waals surface area (Å²) < 4.78 is 28.7. The lowest BCUT2D eigenvalue weighted by atomic mass is 10.1. The summed E-state index contributed by atoms with van der Waals surface area (Å²) in [5, 5.41) is 5.45. The molecule has 0 radical (unpaired) electrons. The molecule has 0 spiro atoms. The minimum absolute atomic E-state index is 0.0197. The van der Waals surface area contributed by atoms with Crippen LogP contribution in [-0.2, 0) is 10.0 Å². The Bertz CT molecular complexity index is 1340. The zero-order valence-electron chi connectivity index (χ0n) is 19.1. The predicted octanol–water partition coefficient (Wildman–Crippen LogP) is 5.15. The van der Waals surface area contributed by atoms with Crippen LogP contribution in [0.25, 0.3) is 0 Å². The number of amides is 2. The standard InChI is InChI=1S/C25H26ClN3O4S/c1-4-13-27-25(31)19-7-5-6-8-21(19)28-24(30)18-11-12-20(26)23(15-18)34(32,33)29-22-14-16(2)9-10-17(22)3/h5-12,14-15,29H,4,13H2,1-3H3,(H,27,31)(H,28,30). The molecule has 0 saturated carbocycles. The van der Waals surface area contributed by atoms with E-state index in [0.29, 0.717) is 23.5 Å². The summed E-state index contributed by atoms with van der Waals surface area (Å²) in [4.78, 5) is 25.2. The Morgan fingerprint density at radius 3 is 2.38 bits per heavy atom. The molecule has 0 fully saturated rings. The fraction of sp³-hybridized carbons (Fsp3) is 0.200. The lowest BCUT2D eigenvalue weighted by Crippen LogP contribution is -2.25. The van der Waals surface area contributed by atoms with Gasteiger partial charge in [0, 0.05) is 12.1 Å². The van der Waals surface area contributed by atoms with Gasteiger partial charge in [0.25, 0.3) is 21.8 Å². The molecule has 0 heterocycles. The van der Waals surface area contributed by atoms with Gasteiger partial charge in [0.1, 0.15) is 4.90 Å². The van der Waals surface area contributed by atoms with Crippen molar-refractivity contribution in [2.24, 2.45) is 0 Å². The molecule has 9 heteroatoms. The van der Waals surface area contributed by atoms with Gasteiger partial charge < -0.3 is 10.6 Å². The molecule has 178 valence electrons. The molecule has 3 rings (SSSR count). The summed E-state index contributed by atoms with van der Waals surface area (Å²) in [6.07, 6.45) is 0.776. The topological polar surface area (TPSA) is 104 Å². The number of hydrogen-bond acceptors (Lipinski definition) is 4. The number of benzene rings is 3. The highest BCUT2D eigenvalue weighted by atomic mass is 35.5. The molecule has 0 atom stereocenters. The first kappa shape index (κ1) is 25.3. The van der Waals surface area contributed by atoms with Crippen LogP contribution in [0.4, 0.5) is 11.4 Å². The highest BCUT2D eigenvalue weighted by Gasteiger charge is 2.22. The van der Waals surface area contributed by atoms with Crippen LogP contribution < -0.4 is 15.4 Å². The van der Waals surface area contributed by atoms with Gasteiger partial charge in [-0.05, 0) is 67.8 Å². The minimum atomic E-state index is -4.07. The maximum absolute atomic E-state index is 13.1. The van der Waals surface area contributed by atoms with Gasteiger partial charge in [-0.1, -0.05) is 42.8 Å². The first-order chi connectivity index (χ1) is 16.1. The molecule has 7 nitrogen and oxygen atoms in total. The van der Waals surface area contributed by atoms with E-state index in [9.17, 15) is 18.0 Å². The first-order valence-electron chi connectivity index (χ1n) is 10.7. The molecule has 3 aromatic carbocycles. The largest absolute Gasteiger partial charge is 0.352 e. The monoisotopic (exact) mass is 499 g/mol. The quantitative estimate of drug-likeness (QED) is 0.398. The average Bonchev–Trinajstić information content (AvgIpc) is 2.80.